The summed E-state index contributed by atoms with van der Waals surface area (Å²) in [7, 11) is 0. The predicted molar refractivity (Wildman–Crippen MR) is 61.6 cm³/mol. The first-order valence-electron chi connectivity index (χ1n) is 4.77. The Labute approximate surface area is 104 Å². The molecule has 1 fully saturated rings. The van der Waals surface area contributed by atoms with E-state index < -0.39 is 11.0 Å². The van der Waals surface area contributed by atoms with Gasteiger partial charge in [0.15, 0.2) is 0 Å². The second kappa shape index (κ2) is 4.38. The van der Waals surface area contributed by atoms with Gasteiger partial charge in [-0.15, -0.1) is 0 Å². The highest BCUT2D eigenvalue weighted by Crippen LogP contribution is 2.31. The maximum Gasteiger partial charge on any atom is 0.313 e. The van der Waals surface area contributed by atoms with Gasteiger partial charge in [-0.1, -0.05) is 0 Å². The lowest BCUT2D eigenvalue weighted by Crippen LogP contribution is -2.27. The molecular weight excluding hydrogens is 294 g/mol. The van der Waals surface area contributed by atoms with E-state index in [1.165, 1.54) is 12.3 Å². The molecule has 0 saturated carbocycles. The largest absolute Gasteiger partial charge is 0.391 e. The third-order valence-corrected chi connectivity index (χ3v) is 2.80. The molecule has 1 aromatic rings. The Morgan fingerprint density at radius 2 is 2.35 bits per heavy atom. The number of aromatic nitrogens is 1. The summed E-state index contributed by atoms with van der Waals surface area (Å²) in [5.41, 5.74) is -0.262. The van der Waals surface area contributed by atoms with Gasteiger partial charge in [-0.2, -0.15) is 0 Å². The molecule has 7 nitrogen and oxygen atoms in total. The normalized spacial score (nSPS) is 19.8. The van der Waals surface area contributed by atoms with Crippen molar-refractivity contribution in [1.29, 1.82) is 0 Å². The number of pyridine rings is 1. The molecule has 0 spiro atoms. The molecule has 0 radical (unpaired) electrons. The van der Waals surface area contributed by atoms with E-state index >= 15 is 0 Å². The fourth-order valence-corrected chi connectivity index (χ4v) is 1.98. The van der Waals surface area contributed by atoms with E-state index in [1.807, 2.05) is 0 Å². The van der Waals surface area contributed by atoms with Crippen LogP contribution in [0.3, 0.4) is 0 Å². The fourth-order valence-electron chi connectivity index (χ4n) is 1.66. The average Bonchev–Trinajstić information content (AvgIpc) is 2.57. The highest BCUT2D eigenvalue weighted by molar-refractivity contribution is 9.10. The summed E-state index contributed by atoms with van der Waals surface area (Å²) < 4.78 is 0.458. The summed E-state index contributed by atoms with van der Waals surface area (Å²) in [6, 6.07) is 1.28. The molecule has 1 saturated heterocycles. The monoisotopic (exact) mass is 301 g/mol. The van der Waals surface area contributed by atoms with Crippen LogP contribution in [0.1, 0.15) is 6.42 Å². The van der Waals surface area contributed by atoms with Gasteiger partial charge in [0.2, 0.25) is 11.7 Å². The maximum atomic E-state index is 11.5. The van der Waals surface area contributed by atoms with Crippen molar-refractivity contribution in [1.82, 2.24) is 4.98 Å². The molecule has 1 N–H and O–H groups in total. The van der Waals surface area contributed by atoms with Crippen LogP contribution in [-0.2, 0) is 4.79 Å². The molecule has 0 aliphatic carbocycles. The lowest BCUT2D eigenvalue weighted by molar-refractivity contribution is -0.384. The lowest BCUT2D eigenvalue weighted by Gasteiger charge is -2.14. The zero-order valence-electron chi connectivity index (χ0n) is 8.54. The van der Waals surface area contributed by atoms with Crippen molar-refractivity contribution >= 4 is 33.3 Å². The first-order chi connectivity index (χ1) is 7.99. The number of hydrogen-bond donors (Lipinski definition) is 1. The third kappa shape index (κ3) is 2.27. The fraction of sp³-hybridized carbons (Fsp3) is 0.333. The molecule has 0 bridgehead atoms. The van der Waals surface area contributed by atoms with Crippen molar-refractivity contribution < 1.29 is 14.8 Å². The van der Waals surface area contributed by atoms with Crippen LogP contribution < -0.4 is 4.90 Å². The first-order valence-corrected chi connectivity index (χ1v) is 5.56. The molecule has 2 heterocycles. The number of aliphatic hydroxyl groups is 1. The van der Waals surface area contributed by atoms with Gasteiger partial charge in [-0.05, 0) is 15.9 Å². The average molecular weight is 302 g/mol. The summed E-state index contributed by atoms with van der Waals surface area (Å²) in [6.45, 7) is 0.0360. The molecule has 0 aromatic carbocycles. The molecule has 1 amide bonds. The molecule has 1 unspecified atom stereocenters. The number of anilines is 1. The number of aliphatic hydroxyl groups excluding tert-OH is 1. The van der Waals surface area contributed by atoms with Gasteiger partial charge < -0.3 is 5.11 Å². The van der Waals surface area contributed by atoms with Crippen molar-refractivity contribution in [3.8, 4) is 0 Å². The van der Waals surface area contributed by atoms with Crippen molar-refractivity contribution in [2.45, 2.75) is 12.5 Å². The second-order valence-corrected chi connectivity index (χ2v) is 4.53. The van der Waals surface area contributed by atoms with Crippen LogP contribution in [0.4, 0.5) is 11.5 Å². The van der Waals surface area contributed by atoms with Crippen molar-refractivity contribution in [3.63, 3.8) is 0 Å². The van der Waals surface area contributed by atoms with E-state index in [9.17, 15) is 20.0 Å². The zero-order chi connectivity index (χ0) is 12.6. The van der Waals surface area contributed by atoms with E-state index in [0.29, 0.717) is 4.47 Å². The molecule has 8 heteroatoms. The van der Waals surface area contributed by atoms with E-state index in [2.05, 4.69) is 20.9 Å². The Bertz CT molecular complexity index is 493. The SMILES string of the molecule is O=C1CC(O)CN1c1ncc(Br)cc1[N+](=O)[O-]. The minimum Gasteiger partial charge on any atom is -0.391 e. The van der Waals surface area contributed by atoms with Gasteiger partial charge in [0.05, 0.1) is 24.0 Å². The Balaban J connectivity index is 2.45. The molecule has 17 heavy (non-hydrogen) atoms. The van der Waals surface area contributed by atoms with Crippen LogP contribution in [0.2, 0.25) is 0 Å². The van der Waals surface area contributed by atoms with E-state index in [4.69, 9.17) is 0 Å². The van der Waals surface area contributed by atoms with Gasteiger partial charge in [-0.25, -0.2) is 4.98 Å². The van der Waals surface area contributed by atoms with Crippen LogP contribution in [0.25, 0.3) is 0 Å². The predicted octanol–water partition coefficient (Wildman–Crippen LogP) is 0.850. The van der Waals surface area contributed by atoms with Crippen LogP contribution in [0, 0.1) is 10.1 Å². The second-order valence-electron chi connectivity index (χ2n) is 3.62. The molecule has 1 aromatic heterocycles. The molecule has 1 aliphatic heterocycles. The Morgan fingerprint density at radius 1 is 1.65 bits per heavy atom. The quantitative estimate of drug-likeness (QED) is 0.645. The topological polar surface area (TPSA) is 96.6 Å². The standard InChI is InChI=1S/C9H8BrN3O4/c10-5-1-7(13(16)17)9(11-3-5)12-4-6(14)2-8(12)15/h1,3,6,14H,2,4H2. The van der Waals surface area contributed by atoms with Crippen molar-refractivity contribution in [2.24, 2.45) is 0 Å². The van der Waals surface area contributed by atoms with Crippen molar-refractivity contribution in [2.75, 3.05) is 11.4 Å². The molecule has 1 aliphatic rings. The Kier molecular flexibility index (Phi) is 3.07. The first kappa shape index (κ1) is 11.9. The van der Waals surface area contributed by atoms with E-state index in [0.717, 1.165) is 4.90 Å². The summed E-state index contributed by atoms with van der Waals surface area (Å²) in [4.78, 5) is 26.8. The minimum absolute atomic E-state index is 0.0280. The lowest BCUT2D eigenvalue weighted by atomic mass is 10.3. The maximum absolute atomic E-state index is 11.5. The number of rotatable bonds is 2. The minimum atomic E-state index is -0.799. The number of carbonyl (C=O) groups excluding carboxylic acids is 1. The molecule has 2 rings (SSSR count). The summed E-state index contributed by atoms with van der Waals surface area (Å²) in [6.07, 6.45) is 0.544. The van der Waals surface area contributed by atoms with Crippen molar-refractivity contribution in [3.05, 3.63) is 26.9 Å². The van der Waals surface area contributed by atoms with Crippen LogP contribution in [0.15, 0.2) is 16.7 Å². The zero-order valence-corrected chi connectivity index (χ0v) is 10.1. The smallest absolute Gasteiger partial charge is 0.313 e. The number of β-amino-alcohol motifs (C(OH)–C–C–N with tert-alkyl or cyclic N) is 1. The summed E-state index contributed by atoms with van der Waals surface area (Å²) in [5.74, 6) is -0.393. The van der Waals surface area contributed by atoms with E-state index in [1.54, 1.807) is 0 Å². The Hall–Kier alpha value is -1.54. The van der Waals surface area contributed by atoms with Crippen LogP contribution in [0.5, 0.6) is 0 Å². The summed E-state index contributed by atoms with van der Waals surface area (Å²) in [5, 5.41) is 20.2. The number of amides is 1. The van der Waals surface area contributed by atoms with Gasteiger partial charge in [-0.3, -0.25) is 19.8 Å². The van der Waals surface area contributed by atoms with Gasteiger partial charge >= 0.3 is 5.69 Å². The third-order valence-electron chi connectivity index (χ3n) is 2.37. The van der Waals surface area contributed by atoms with E-state index in [-0.39, 0.29) is 30.4 Å². The molecular formula is C9H8BrN3O4. The number of nitro groups is 1. The molecule has 1 atom stereocenters. The van der Waals surface area contributed by atoms with Gasteiger partial charge in [0, 0.05) is 16.7 Å². The van der Waals surface area contributed by atoms with Crippen LogP contribution in [-0.4, -0.2) is 33.6 Å². The molecule has 90 valence electrons. The number of halogens is 1. The summed E-state index contributed by atoms with van der Waals surface area (Å²) >= 11 is 3.08. The highest BCUT2D eigenvalue weighted by Gasteiger charge is 2.34. The van der Waals surface area contributed by atoms with Gasteiger partial charge in [0.25, 0.3) is 0 Å². The van der Waals surface area contributed by atoms with Gasteiger partial charge in [0.1, 0.15) is 0 Å². The van der Waals surface area contributed by atoms with Crippen LogP contribution >= 0.6 is 15.9 Å². The number of nitrogens with zero attached hydrogens (tertiary/aromatic N) is 3. The highest BCUT2D eigenvalue weighted by atomic mass is 79.9. The number of hydrogen-bond acceptors (Lipinski definition) is 5. The Morgan fingerprint density at radius 3 is 2.88 bits per heavy atom. The number of carbonyl (C=O) groups is 1.